The van der Waals surface area contributed by atoms with Gasteiger partial charge in [-0.05, 0) is 38.8 Å². The third-order valence-electron chi connectivity index (χ3n) is 6.35. The molecule has 0 bridgehead atoms. The molecule has 10 heteroatoms. The molecule has 4 rings (SSSR count). The van der Waals surface area contributed by atoms with Crippen LogP contribution in [0.2, 0.25) is 32.5 Å². The molecule has 0 saturated carbocycles. The zero-order chi connectivity index (χ0) is 24.7. The number of methoxy groups -OCH3 is 1. The highest BCUT2D eigenvalue weighted by molar-refractivity contribution is 6.76. The number of ether oxygens (including phenoxy) is 1. The summed E-state index contributed by atoms with van der Waals surface area (Å²) in [4.78, 5) is 20.8. The average molecular weight is 483 g/mol. The van der Waals surface area contributed by atoms with E-state index in [1.165, 1.54) is 6.04 Å². The van der Waals surface area contributed by atoms with Crippen molar-refractivity contribution in [3.05, 3.63) is 37.1 Å². The molecule has 1 fully saturated rings. The van der Waals surface area contributed by atoms with Gasteiger partial charge in [-0.1, -0.05) is 19.6 Å². The lowest BCUT2D eigenvalue weighted by molar-refractivity contribution is 0.214. The molecular formula is C24H39BN6O2Si. The van der Waals surface area contributed by atoms with Crippen LogP contribution >= 0.6 is 0 Å². The van der Waals surface area contributed by atoms with Crippen molar-refractivity contribution in [3.8, 4) is 11.3 Å². The van der Waals surface area contributed by atoms with Gasteiger partial charge in [0.05, 0.1) is 23.0 Å². The zero-order valence-electron chi connectivity index (χ0n) is 21.5. The molecule has 1 aliphatic rings. The largest absolute Gasteiger partial charge is 0.437 e. The lowest BCUT2D eigenvalue weighted by Crippen LogP contribution is -2.51. The van der Waals surface area contributed by atoms with Gasteiger partial charge in [0.15, 0.2) is 0 Å². The average Bonchev–Trinajstić information content (AvgIpc) is 3.27. The van der Waals surface area contributed by atoms with Crippen molar-refractivity contribution in [1.82, 2.24) is 24.7 Å². The Morgan fingerprint density at radius 2 is 2.06 bits per heavy atom. The minimum Gasteiger partial charge on any atom is -0.437 e. The Morgan fingerprint density at radius 1 is 1.26 bits per heavy atom. The summed E-state index contributed by atoms with van der Waals surface area (Å²) in [6.45, 7) is 11.7. The summed E-state index contributed by atoms with van der Waals surface area (Å²) >= 11 is 0. The van der Waals surface area contributed by atoms with Crippen LogP contribution in [0.3, 0.4) is 0 Å². The Labute approximate surface area is 204 Å². The normalized spacial score (nSPS) is 16.5. The van der Waals surface area contributed by atoms with Crippen molar-refractivity contribution in [2.75, 3.05) is 38.8 Å². The monoisotopic (exact) mass is 482 g/mol. The van der Waals surface area contributed by atoms with Gasteiger partial charge >= 0.3 is 7.05 Å². The molecule has 184 valence electrons. The molecule has 0 aromatic carbocycles. The lowest BCUT2D eigenvalue weighted by Gasteiger charge is -2.39. The first-order valence-electron chi connectivity index (χ1n) is 12.1. The summed E-state index contributed by atoms with van der Waals surface area (Å²) in [5.74, 6) is 0. The Balaban J connectivity index is 0.000000350. The van der Waals surface area contributed by atoms with Crippen LogP contribution in [-0.4, -0.2) is 84.8 Å². The van der Waals surface area contributed by atoms with E-state index in [-0.39, 0.29) is 0 Å². The van der Waals surface area contributed by atoms with Gasteiger partial charge in [0.1, 0.15) is 5.65 Å². The third-order valence-corrected chi connectivity index (χ3v) is 8.05. The molecular weight excluding hydrogens is 443 g/mol. The minimum absolute atomic E-state index is 0.325. The summed E-state index contributed by atoms with van der Waals surface area (Å²) in [6.07, 6.45) is 11.1. The summed E-state index contributed by atoms with van der Waals surface area (Å²) < 4.78 is 4.95. The van der Waals surface area contributed by atoms with Crippen LogP contribution in [-0.2, 0) is 4.74 Å². The highest BCUT2D eigenvalue weighted by Crippen LogP contribution is 2.35. The molecule has 34 heavy (non-hydrogen) atoms. The maximum absolute atomic E-state index is 9.94. The highest BCUT2D eigenvalue weighted by Gasteiger charge is 2.28. The maximum atomic E-state index is 9.94. The van der Waals surface area contributed by atoms with Crippen molar-refractivity contribution in [1.29, 1.82) is 0 Å². The van der Waals surface area contributed by atoms with Crippen molar-refractivity contribution in [2.24, 2.45) is 0 Å². The highest BCUT2D eigenvalue weighted by atomic mass is 28.3. The smallest absolute Gasteiger partial charge is 0.376 e. The quantitative estimate of drug-likeness (QED) is 0.492. The van der Waals surface area contributed by atoms with E-state index in [0.717, 1.165) is 60.5 Å². The van der Waals surface area contributed by atoms with Crippen molar-refractivity contribution in [3.63, 3.8) is 0 Å². The minimum atomic E-state index is -0.803. The summed E-state index contributed by atoms with van der Waals surface area (Å²) in [5.41, 5.74) is 3.86. The fraction of sp³-hybridized carbons (Fsp3) is 0.542. The maximum Gasteiger partial charge on any atom is 0.376 e. The van der Waals surface area contributed by atoms with Crippen LogP contribution in [0.25, 0.3) is 22.3 Å². The molecule has 1 aliphatic heterocycles. The zero-order valence-corrected chi connectivity index (χ0v) is 22.5. The second-order valence-corrected chi connectivity index (χ2v) is 15.8. The summed E-state index contributed by atoms with van der Waals surface area (Å²) in [7, 11) is 2.50. The number of nitrogens with one attached hydrogen (secondary N) is 1. The molecule has 3 aromatic rings. The molecule has 4 heterocycles. The van der Waals surface area contributed by atoms with Gasteiger partial charge in [-0.2, -0.15) is 0 Å². The number of fused-ring (bicyclic) bond motifs is 1. The lowest BCUT2D eigenvalue weighted by atomic mass is 9.82. The number of rotatable bonds is 7. The number of likely N-dealkylation sites (N-methyl/N-ethyl adjacent to an activating group) is 1. The van der Waals surface area contributed by atoms with Gasteiger partial charge in [0, 0.05) is 71.3 Å². The van der Waals surface area contributed by atoms with Gasteiger partial charge in [-0.15, -0.1) is 0 Å². The van der Waals surface area contributed by atoms with Gasteiger partial charge < -0.3 is 24.5 Å². The number of H-pyrrole nitrogens is 1. The summed E-state index contributed by atoms with van der Waals surface area (Å²) in [5, 5.41) is 11.0. The van der Waals surface area contributed by atoms with E-state index in [2.05, 4.69) is 50.5 Å². The fourth-order valence-corrected chi connectivity index (χ4v) is 4.98. The fourth-order valence-electron chi connectivity index (χ4n) is 4.16. The molecule has 1 saturated heterocycles. The van der Waals surface area contributed by atoms with Crippen LogP contribution < -0.4 is 4.90 Å². The molecule has 8 nitrogen and oxygen atoms in total. The summed E-state index contributed by atoms with van der Waals surface area (Å²) in [6, 6.07) is 3.68. The third kappa shape index (κ3) is 6.88. The van der Waals surface area contributed by atoms with E-state index >= 15 is 0 Å². The van der Waals surface area contributed by atoms with Crippen LogP contribution in [0, 0.1) is 0 Å². The van der Waals surface area contributed by atoms with Crippen LogP contribution in [0.5, 0.6) is 0 Å². The number of hydrogen-bond acceptors (Lipinski definition) is 7. The van der Waals surface area contributed by atoms with E-state index in [1.807, 2.05) is 31.1 Å². The molecule has 0 amide bonds. The Bertz CT molecular complexity index is 1030. The second-order valence-electron chi connectivity index (χ2n) is 10.2. The number of piperidine rings is 1. The number of anilines is 1. The predicted molar refractivity (Wildman–Crippen MR) is 144 cm³/mol. The van der Waals surface area contributed by atoms with Gasteiger partial charge in [-0.25, -0.2) is 4.98 Å². The van der Waals surface area contributed by atoms with E-state index in [0.29, 0.717) is 6.04 Å². The van der Waals surface area contributed by atoms with Crippen molar-refractivity contribution < 1.29 is 9.76 Å². The molecule has 0 radical (unpaired) electrons. The van der Waals surface area contributed by atoms with Gasteiger partial charge in [-0.3, -0.25) is 9.97 Å². The number of aromatic amines is 1. The Morgan fingerprint density at radius 3 is 2.68 bits per heavy atom. The molecule has 0 unspecified atom stereocenters. The topological polar surface area (TPSA) is 90.4 Å². The number of aromatic nitrogens is 4. The predicted octanol–water partition coefficient (Wildman–Crippen LogP) is 4.00. The van der Waals surface area contributed by atoms with E-state index in [9.17, 15) is 5.02 Å². The molecule has 0 spiro atoms. The van der Waals surface area contributed by atoms with E-state index < -0.39 is 15.1 Å². The van der Waals surface area contributed by atoms with Crippen molar-refractivity contribution >= 4 is 31.8 Å². The first kappa shape index (κ1) is 26.3. The van der Waals surface area contributed by atoms with Gasteiger partial charge in [0.25, 0.3) is 0 Å². The number of nitrogens with zero attached hydrogens (tertiary/aromatic N) is 5. The SMILES string of the molecule is CB(O)N(C)[C@H]1CCCN(c2ccnc3[nH]cc(-c4cnccn4)c23)C1.COCC[Si](C)(C)C. The van der Waals surface area contributed by atoms with E-state index in [1.54, 1.807) is 25.7 Å². The van der Waals surface area contributed by atoms with Crippen LogP contribution in [0.15, 0.2) is 37.1 Å². The number of hydrogen-bond donors (Lipinski definition) is 2. The van der Waals surface area contributed by atoms with Crippen LogP contribution in [0.1, 0.15) is 12.8 Å². The molecule has 1 atom stereocenters. The molecule has 0 aliphatic carbocycles. The second kappa shape index (κ2) is 11.9. The van der Waals surface area contributed by atoms with E-state index in [4.69, 9.17) is 4.74 Å². The van der Waals surface area contributed by atoms with Crippen LogP contribution in [0.4, 0.5) is 5.69 Å². The standard InChI is InChI=1S/C18H23BN6O.C6H16OSi/c1-19(26)24(2)13-4-3-9-25(12-13)16-5-6-22-18-17(16)14(10-23-18)15-11-20-7-8-21-15;1-7-5-6-8(2,3)4/h5-8,10-11,13,26H,3-4,9,12H2,1-2H3,(H,22,23);5-6H2,1-4H3/t13-;/m0./s1. The Kier molecular flexibility index (Phi) is 9.24. The first-order chi connectivity index (χ1) is 16.2. The number of pyridine rings is 1. The van der Waals surface area contributed by atoms with Gasteiger partial charge in [0.2, 0.25) is 0 Å². The molecule has 3 aromatic heterocycles. The first-order valence-corrected chi connectivity index (χ1v) is 15.8. The van der Waals surface area contributed by atoms with Crippen molar-refractivity contribution in [2.45, 2.75) is 51.4 Å². The molecule has 2 N–H and O–H groups in total. The Hall–Kier alpha value is -2.27.